The van der Waals surface area contributed by atoms with Gasteiger partial charge in [0.25, 0.3) is 0 Å². The van der Waals surface area contributed by atoms with E-state index in [0.29, 0.717) is 0 Å². The minimum absolute atomic E-state index is 0. The molecule has 0 nitrogen and oxygen atoms in total. The fourth-order valence-corrected chi connectivity index (χ4v) is 2.12. The highest BCUT2D eigenvalue weighted by atomic mass is 14.1. The number of aryl methyl sites for hydroxylation is 2. The lowest BCUT2D eigenvalue weighted by molar-refractivity contribution is 0.968. The van der Waals surface area contributed by atoms with Crippen molar-refractivity contribution < 1.29 is 1.43 Å². The lowest BCUT2D eigenvalue weighted by Crippen LogP contribution is -1.99. The van der Waals surface area contributed by atoms with E-state index in [4.69, 9.17) is 0 Å². The minimum Gasteiger partial charge on any atom is -0.0613 e. The van der Waals surface area contributed by atoms with Gasteiger partial charge in [0.2, 0.25) is 0 Å². The van der Waals surface area contributed by atoms with Gasteiger partial charge in [0, 0.05) is 0 Å². The average molecular weight is 177 g/mol. The van der Waals surface area contributed by atoms with E-state index in [1.54, 1.807) is 11.1 Å². The van der Waals surface area contributed by atoms with Crippen molar-refractivity contribution in [2.75, 3.05) is 0 Å². The zero-order valence-electron chi connectivity index (χ0n) is 10.3. The Morgan fingerprint density at radius 2 is 1.54 bits per heavy atom. The van der Waals surface area contributed by atoms with Crippen molar-refractivity contribution in [3.05, 3.63) is 34.4 Å². The van der Waals surface area contributed by atoms with Gasteiger partial charge in [-0.25, -0.2) is 0 Å². The Hall–Kier alpha value is -0.780. The fourth-order valence-electron chi connectivity index (χ4n) is 2.12. The van der Waals surface area contributed by atoms with Crippen molar-refractivity contribution in [3.63, 3.8) is 0 Å². The summed E-state index contributed by atoms with van der Waals surface area (Å²) in [5.41, 5.74) is 6.15. The molecule has 0 aliphatic rings. The van der Waals surface area contributed by atoms with Crippen molar-refractivity contribution in [1.29, 1.82) is 0 Å². The van der Waals surface area contributed by atoms with E-state index in [-0.39, 0.29) is 1.43 Å². The molecule has 0 amide bonds. The van der Waals surface area contributed by atoms with Crippen LogP contribution < -0.4 is 0 Å². The molecular formula is C13H21+. The maximum absolute atomic E-state index is 2.29. The second-order valence-corrected chi connectivity index (χ2v) is 3.56. The van der Waals surface area contributed by atoms with Crippen molar-refractivity contribution in [1.82, 2.24) is 0 Å². The lowest BCUT2D eigenvalue weighted by Gasteiger charge is -2.13. The van der Waals surface area contributed by atoms with Gasteiger partial charge in [-0.2, -0.15) is 0 Å². The summed E-state index contributed by atoms with van der Waals surface area (Å²) in [7, 11) is 0. The Bertz CT molecular complexity index is 290. The molecule has 72 valence electrons. The number of rotatable bonds is 3. The van der Waals surface area contributed by atoms with Crippen LogP contribution in [0.5, 0.6) is 0 Å². The van der Waals surface area contributed by atoms with E-state index in [2.05, 4.69) is 39.8 Å². The number of benzene rings is 1. The van der Waals surface area contributed by atoms with Crippen molar-refractivity contribution in [2.45, 2.75) is 47.0 Å². The Kier molecular flexibility index (Phi) is 3.53. The maximum atomic E-state index is 2.29. The molecule has 0 N–H and O–H groups in total. The van der Waals surface area contributed by atoms with Crippen LogP contribution in [0.1, 0.15) is 44.5 Å². The van der Waals surface area contributed by atoms with Gasteiger partial charge in [0.05, 0.1) is 0 Å². The van der Waals surface area contributed by atoms with Gasteiger partial charge in [-0.15, -0.1) is 0 Å². The summed E-state index contributed by atoms with van der Waals surface area (Å²) in [6, 6.07) is 4.55. The second-order valence-electron chi connectivity index (χ2n) is 3.56. The summed E-state index contributed by atoms with van der Waals surface area (Å²) in [4.78, 5) is 0. The number of hydrogen-bond acceptors (Lipinski definition) is 0. The van der Waals surface area contributed by atoms with Gasteiger partial charge in [0.1, 0.15) is 0 Å². The van der Waals surface area contributed by atoms with Gasteiger partial charge in [-0.3, -0.25) is 0 Å². The highest BCUT2D eigenvalue weighted by molar-refractivity contribution is 5.40. The zero-order chi connectivity index (χ0) is 9.84. The molecule has 0 heterocycles. The maximum Gasteiger partial charge on any atom is 1.00 e. The molecule has 0 fully saturated rings. The van der Waals surface area contributed by atoms with Crippen LogP contribution in [-0.4, -0.2) is 0 Å². The second kappa shape index (κ2) is 4.45. The van der Waals surface area contributed by atoms with E-state index >= 15 is 0 Å². The first kappa shape index (κ1) is 10.3. The van der Waals surface area contributed by atoms with Gasteiger partial charge < -0.3 is 0 Å². The highest BCUT2D eigenvalue weighted by Crippen LogP contribution is 2.20. The van der Waals surface area contributed by atoms with Crippen molar-refractivity contribution in [3.8, 4) is 0 Å². The molecule has 1 rings (SSSR count). The van der Waals surface area contributed by atoms with E-state index in [9.17, 15) is 0 Å². The normalized spacial score (nSPS) is 10.5. The first-order valence-corrected chi connectivity index (χ1v) is 5.34. The van der Waals surface area contributed by atoms with Crippen LogP contribution in [0.3, 0.4) is 0 Å². The SMILES string of the molecule is CCc1ccc(C)c(CC)c1CC.[H+]. The van der Waals surface area contributed by atoms with Crippen LogP contribution in [0.25, 0.3) is 0 Å². The molecule has 0 saturated carbocycles. The quantitative estimate of drug-likeness (QED) is 0.659. The van der Waals surface area contributed by atoms with Crippen LogP contribution in [0.4, 0.5) is 0 Å². The molecule has 0 unspecified atom stereocenters. The van der Waals surface area contributed by atoms with E-state index in [1.807, 2.05) is 0 Å². The Morgan fingerprint density at radius 1 is 0.923 bits per heavy atom. The molecule has 0 aliphatic carbocycles. The average Bonchev–Trinajstić information content (AvgIpc) is 2.17. The van der Waals surface area contributed by atoms with Crippen LogP contribution in [0, 0.1) is 6.92 Å². The molecule has 1 aromatic rings. The topological polar surface area (TPSA) is 0 Å². The third-order valence-corrected chi connectivity index (χ3v) is 2.85. The molecule has 0 radical (unpaired) electrons. The Balaban J connectivity index is 0.00000169. The lowest BCUT2D eigenvalue weighted by atomic mass is 9.92. The minimum atomic E-state index is 0. The van der Waals surface area contributed by atoms with E-state index in [1.165, 1.54) is 24.0 Å². The van der Waals surface area contributed by atoms with Gasteiger partial charge in [-0.1, -0.05) is 32.9 Å². The molecular weight excluding hydrogens is 156 g/mol. The molecule has 0 bridgehead atoms. The molecule has 0 aromatic heterocycles. The summed E-state index contributed by atoms with van der Waals surface area (Å²) in [5.74, 6) is 0. The van der Waals surface area contributed by atoms with Crippen molar-refractivity contribution in [2.24, 2.45) is 0 Å². The smallest absolute Gasteiger partial charge is 0.0613 e. The molecule has 13 heavy (non-hydrogen) atoms. The van der Waals surface area contributed by atoms with Crippen molar-refractivity contribution >= 4 is 0 Å². The van der Waals surface area contributed by atoms with Crippen LogP contribution >= 0.6 is 0 Å². The molecule has 1 aromatic carbocycles. The molecule has 0 spiro atoms. The first-order chi connectivity index (χ1) is 6.24. The van der Waals surface area contributed by atoms with Crippen LogP contribution in [-0.2, 0) is 19.3 Å². The Morgan fingerprint density at radius 3 is 2.00 bits per heavy atom. The van der Waals surface area contributed by atoms with E-state index < -0.39 is 0 Å². The predicted molar refractivity (Wildman–Crippen MR) is 60.4 cm³/mol. The third kappa shape index (κ3) is 1.93. The van der Waals surface area contributed by atoms with E-state index in [0.717, 1.165) is 6.42 Å². The monoisotopic (exact) mass is 177 g/mol. The fraction of sp³-hybridized carbons (Fsp3) is 0.538. The van der Waals surface area contributed by atoms with Gasteiger partial charge >= 0.3 is 1.43 Å². The largest absolute Gasteiger partial charge is 1.00 e. The highest BCUT2D eigenvalue weighted by Gasteiger charge is 2.06. The van der Waals surface area contributed by atoms with Gasteiger partial charge in [0.15, 0.2) is 0 Å². The molecule has 0 aliphatic heterocycles. The predicted octanol–water partition coefficient (Wildman–Crippen LogP) is 3.79. The standard InChI is InChI=1S/C13H20/c1-5-11-9-8-10(4)12(6-2)13(11)7-3/h8-9H,5-7H2,1-4H3/p+1. The number of hydrogen-bond donors (Lipinski definition) is 0. The molecule has 0 atom stereocenters. The Labute approximate surface area is 83.5 Å². The summed E-state index contributed by atoms with van der Waals surface area (Å²) in [6.07, 6.45) is 3.51. The third-order valence-electron chi connectivity index (χ3n) is 2.85. The summed E-state index contributed by atoms with van der Waals surface area (Å²) in [5, 5.41) is 0. The first-order valence-electron chi connectivity index (χ1n) is 5.34. The van der Waals surface area contributed by atoms with Crippen LogP contribution in [0.2, 0.25) is 0 Å². The summed E-state index contributed by atoms with van der Waals surface area (Å²) >= 11 is 0. The summed E-state index contributed by atoms with van der Waals surface area (Å²) in [6.45, 7) is 8.97. The van der Waals surface area contributed by atoms with Gasteiger partial charge in [-0.05, 0) is 48.4 Å². The molecule has 0 saturated heterocycles. The van der Waals surface area contributed by atoms with Crippen LogP contribution in [0.15, 0.2) is 12.1 Å². The summed E-state index contributed by atoms with van der Waals surface area (Å²) < 4.78 is 0. The molecule has 0 heteroatoms. The zero-order valence-corrected chi connectivity index (χ0v) is 9.28.